The molecule has 4 aliphatic rings. The summed E-state index contributed by atoms with van der Waals surface area (Å²) >= 11 is 0. The lowest BCUT2D eigenvalue weighted by Gasteiger charge is -2.63. The van der Waals surface area contributed by atoms with Crippen LogP contribution < -0.4 is 5.32 Å². The van der Waals surface area contributed by atoms with Crippen molar-refractivity contribution in [3.63, 3.8) is 0 Å². The number of anilines is 1. The Hall–Kier alpha value is -2.29. The zero-order chi connectivity index (χ0) is 19.4. The molecule has 0 amide bonds. The zero-order valence-corrected chi connectivity index (χ0v) is 16.6. The fraction of sp³-hybridized carbons (Fsp3) is 0.480. The minimum atomic E-state index is -0.839. The Kier molecular flexibility index (Phi) is 4.04. The van der Waals surface area contributed by atoms with Gasteiger partial charge in [0.1, 0.15) is 0 Å². The largest absolute Gasteiger partial charge is 0.478 e. The number of benzene rings is 2. The molecule has 6 rings (SSSR count). The van der Waals surface area contributed by atoms with Gasteiger partial charge < -0.3 is 10.4 Å². The van der Waals surface area contributed by atoms with Gasteiger partial charge in [-0.3, -0.25) is 0 Å². The summed E-state index contributed by atoms with van der Waals surface area (Å²) in [7, 11) is 0. The highest BCUT2D eigenvalue weighted by atomic mass is 16.4. The van der Waals surface area contributed by atoms with E-state index in [4.69, 9.17) is 0 Å². The van der Waals surface area contributed by atoms with E-state index in [-0.39, 0.29) is 5.41 Å². The molecule has 2 N–H and O–H groups in total. The number of aromatic carboxylic acids is 1. The van der Waals surface area contributed by atoms with E-state index < -0.39 is 5.97 Å². The summed E-state index contributed by atoms with van der Waals surface area (Å²) in [5, 5.41) is 12.7. The first kappa shape index (κ1) is 17.8. The molecule has 0 spiro atoms. The van der Waals surface area contributed by atoms with Gasteiger partial charge in [-0.2, -0.15) is 0 Å². The monoisotopic (exact) mass is 375 g/mol. The van der Waals surface area contributed by atoms with Crippen molar-refractivity contribution >= 4 is 11.7 Å². The van der Waals surface area contributed by atoms with E-state index in [0.29, 0.717) is 11.0 Å². The number of carboxylic acids is 1. The molecular weight excluding hydrogens is 346 g/mol. The summed E-state index contributed by atoms with van der Waals surface area (Å²) in [5.41, 5.74) is 4.98. The topological polar surface area (TPSA) is 49.3 Å². The maximum Gasteiger partial charge on any atom is 0.335 e. The second-order valence-corrected chi connectivity index (χ2v) is 9.51. The maximum atomic E-state index is 11.3. The van der Waals surface area contributed by atoms with Crippen molar-refractivity contribution in [3.05, 3.63) is 65.2 Å². The highest BCUT2D eigenvalue weighted by molar-refractivity contribution is 5.87. The van der Waals surface area contributed by atoms with E-state index in [1.165, 1.54) is 55.3 Å². The Labute approximate surface area is 167 Å². The van der Waals surface area contributed by atoms with Crippen molar-refractivity contribution in [2.24, 2.45) is 11.8 Å². The molecule has 0 saturated heterocycles. The Morgan fingerprint density at radius 3 is 1.89 bits per heavy atom. The molecule has 0 radical (unpaired) electrons. The predicted octanol–water partition coefficient (Wildman–Crippen LogP) is 5.61. The quantitative estimate of drug-likeness (QED) is 0.714. The van der Waals surface area contributed by atoms with Gasteiger partial charge in [0.15, 0.2) is 0 Å². The van der Waals surface area contributed by atoms with Gasteiger partial charge >= 0.3 is 5.97 Å². The smallest absolute Gasteiger partial charge is 0.335 e. The van der Waals surface area contributed by atoms with Crippen molar-refractivity contribution in [3.8, 4) is 0 Å². The first-order chi connectivity index (χ1) is 13.5. The maximum absolute atomic E-state index is 11.3. The van der Waals surface area contributed by atoms with Crippen molar-refractivity contribution in [2.75, 3.05) is 11.9 Å². The normalized spacial score (nSPS) is 33.0. The number of hydrogen-bond acceptors (Lipinski definition) is 2. The van der Waals surface area contributed by atoms with Crippen LogP contribution in [0.1, 0.15) is 66.9 Å². The molecule has 146 valence electrons. The van der Waals surface area contributed by atoms with Crippen LogP contribution in [0, 0.1) is 11.8 Å². The van der Waals surface area contributed by atoms with Crippen molar-refractivity contribution < 1.29 is 9.90 Å². The van der Waals surface area contributed by atoms with Crippen molar-refractivity contribution in [1.29, 1.82) is 0 Å². The van der Waals surface area contributed by atoms with Crippen LogP contribution in [0.5, 0.6) is 0 Å². The molecule has 2 unspecified atom stereocenters. The number of rotatable bonds is 5. The van der Waals surface area contributed by atoms with Gasteiger partial charge in [0.05, 0.1) is 5.56 Å². The van der Waals surface area contributed by atoms with Crippen LogP contribution in [0.2, 0.25) is 0 Å². The Morgan fingerprint density at radius 1 is 0.929 bits per heavy atom. The molecule has 2 atom stereocenters. The van der Waals surface area contributed by atoms with Crippen LogP contribution in [0.25, 0.3) is 0 Å². The van der Waals surface area contributed by atoms with Crippen LogP contribution in [0.3, 0.4) is 0 Å². The van der Waals surface area contributed by atoms with E-state index in [0.717, 1.165) is 18.4 Å². The Morgan fingerprint density at radius 2 is 1.43 bits per heavy atom. The average Bonchev–Trinajstić information content (AvgIpc) is 2.68. The van der Waals surface area contributed by atoms with E-state index >= 15 is 0 Å². The molecule has 4 fully saturated rings. The molecule has 2 aromatic rings. The number of carboxylic acid groups (broad SMARTS) is 1. The molecule has 3 heteroatoms. The van der Waals surface area contributed by atoms with Crippen LogP contribution in [-0.2, 0) is 10.8 Å². The standard InChI is InChI=1S/C25H29NO2/c1-2-26-22-9-7-21(8-10-22)25-14-17-11-18(15-25)13-24(12-17,16-25)20-5-3-19(4-6-20)23(27)28/h3-10,17-18,26H,2,11-16H2,1H3,(H,27,28). The lowest BCUT2D eigenvalue weighted by molar-refractivity contribution is -0.0281. The third kappa shape index (κ3) is 2.75. The fourth-order valence-corrected chi connectivity index (χ4v) is 7.05. The molecule has 2 aromatic carbocycles. The van der Waals surface area contributed by atoms with Gasteiger partial charge in [0.25, 0.3) is 0 Å². The third-order valence-corrected chi connectivity index (χ3v) is 7.68. The van der Waals surface area contributed by atoms with E-state index in [1.807, 2.05) is 0 Å². The SMILES string of the molecule is CCNc1ccc(C23CC4CC(C2)CC(c2ccc(C(=O)O)cc2)(C4)C3)cc1. The van der Waals surface area contributed by atoms with Crippen LogP contribution in [0.15, 0.2) is 48.5 Å². The molecule has 0 heterocycles. The first-order valence-electron chi connectivity index (χ1n) is 10.7. The number of carbonyl (C=O) groups is 1. The number of hydrogen-bond donors (Lipinski definition) is 2. The van der Waals surface area contributed by atoms with E-state index in [1.54, 1.807) is 12.1 Å². The Bertz CT molecular complexity index is 870. The van der Waals surface area contributed by atoms with Gasteiger partial charge in [-0.1, -0.05) is 24.3 Å². The van der Waals surface area contributed by atoms with Gasteiger partial charge in [-0.15, -0.1) is 0 Å². The summed E-state index contributed by atoms with van der Waals surface area (Å²) in [4.78, 5) is 11.3. The highest BCUT2D eigenvalue weighted by Gasteiger charge is 2.58. The summed E-state index contributed by atoms with van der Waals surface area (Å²) in [5.74, 6) is 0.761. The molecule has 28 heavy (non-hydrogen) atoms. The third-order valence-electron chi connectivity index (χ3n) is 7.68. The lowest BCUT2D eigenvalue weighted by Crippen LogP contribution is -2.55. The summed E-state index contributed by atoms with van der Waals surface area (Å²) in [6.45, 7) is 3.08. The van der Waals surface area contributed by atoms with Crippen LogP contribution in [-0.4, -0.2) is 17.6 Å². The van der Waals surface area contributed by atoms with Crippen molar-refractivity contribution in [1.82, 2.24) is 0 Å². The second-order valence-electron chi connectivity index (χ2n) is 9.51. The first-order valence-corrected chi connectivity index (χ1v) is 10.7. The average molecular weight is 376 g/mol. The molecule has 4 bridgehead atoms. The molecule has 0 aliphatic heterocycles. The Balaban J connectivity index is 1.51. The minimum absolute atomic E-state index is 0.224. The van der Waals surface area contributed by atoms with Crippen LogP contribution >= 0.6 is 0 Å². The van der Waals surface area contributed by atoms with E-state index in [9.17, 15) is 9.90 Å². The highest BCUT2D eigenvalue weighted by Crippen LogP contribution is 2.66. The molecule has 4 saturated carbocycles. The fourth-order valence-electron chi connectivity index (χ4n) is 7.05. The van der Waals surface area contributed by atoms with E-state index in [2.05, 4.69) is 48.6 Å². The van der Waals surface area contributed by atoms with Gasteiger partial charge in [0.2, 0.25) is 0 Å². The van der Waals surface area contributed by atoms with Crippen LogP contribution in [0.4, 0.5) is 5.69 Å². The summed E-state index contributed by atoms with van der Waals surface area (Å²) in [6.07, 6.45) is 7.77. The van der Waals surface area contributed by atoms with Gasteiger partial charge in [-0.05, 0) is 104 Å². The second kappa shape index (κ2) is 6.37. The minimum Gasteiger partial charge on any atom is -0.478 e. The van der Waals surface area contributed by atoms with Gasteiger partial charge in [-0.25, -0.2) is 4.79 Å². The predicted molar refractivity (Wildman–Crippen MR) is 112 cm³/mol. The zero-order valence-electron chi connectivity index (χ0n) is 16.6. The lowest BCUT2D eigenvalue weighted by atomic mass is 9.42. The summed E-state index contributed by atoms with van der Waals surface area (Å²) in [6, 6.07) is 17.0. The van der Waals surface area contributed by atoms with Gasteiger partial charge in [0, 0.05) is 12.2 Å². The molecule has 4 aliphatic carbocycles. The summed E-state index contributed by atoms with van der Waals surface area (Å²) < 4.78 is 0. The molecule has 3 nitrogen and oxygen atoms in total. The number of nitrogens with one attached hydrogen (secondary N) is 1. The molecule has 0 aromatic heterocycles. The van der Waals surface area contributed by atoms with Crippen molar-refractivity contribution in [2.45, 2.75) is 56.3 Å². The molecular formula is C25H29NO2.